The van der Waals surface area contributed by atoms with Gasteiger partial charge < -0.3 is 11.1 Å². The average Bonchev–Trinajstić information content (AvgIpc) is 3.03. The van der Waals surface area contributed by atoms with Gasteiger partial charge in [-0.2, -0.15) is 0 Å². The molecule has 0 aliphatic rings. The number of carbonyl (C=O) groups excluding carboxylic acids is 1. The fraction of sp³-hybridized carbons (Fsp3) is 0.286. The summed E-state index contributed by atoms with van der Waals surface area (Å²) < 4.78 is 26.4. The van der Waals surface area contributed by atoms with Gasteiger partial charge in [0.15, 0.2) is 0 Å². The fourth-order valence-corrected chi connectivity index (χ4v) is 3.53. The van der Waals surface area contributed by atoms with Crippen LogP contribution < -0.4 is 15.8 Å². The minimum atomic E-state index is -3.51. The van der Waals surface area contributed by atoms with Crippen molar-refractivity contribution in [2.24, 2.45) is 5.73 Å². The molecule has 2 aromatic rings. The second-order valence-electron chi connectivity index (χ2n) is 4.71. The summed E-state index contributed by atoms with van der Waals surface area (Å²) in [6, 6.07) is 5.96. The van der Waals surface area contributed by atoms with Crippen molar-refractivity contribution in [3.8, 4) is 0 Å². The molecule has 0 saturated carbocycles. The van der Waals surface area contributed by atoms with Crippen LogP contribution >= 0.6 is 11.3 Å². The second kappa shape index (κ2) is 7.64. The Labute approximate surface area is 139 Å². The Morgan fingerprint density at radius 1 is 1.30 bits per heavy atom. The lowest BCUT2D eigenvalue weighted by atomic mass is 10.3. The van der Waals surface area contributed by atoms with E-state index in [-0.39, 0.29) is 23.0 Å². The number of anilines is 1. The highest BCUT2D eigenvalue weighted by atomic mass is 32.2. The van der Waals surface area contributed by atoms with E-state index in [9.17, 15) is 13.2 Å². The number of thiazole rings is 1. The van der Waals surface area contributed by atoms with Gasteiger partial charge in [0.05, 0.1) is 4.90 Å². The topological polar surface area (TPSA) is 114 Å². The van der Waals surface area contributed by atoms with E-state index in [1.807, 2.05) is 6.92 Å². The second-order valence-corrected chi connectivity index (χ2v) is 7.42. The molecule has 9 heteroatoms. The number of hydrogen-bond acceptors (Lipinski definition) is 6. The summed E-state index contributed by atoms with van der Waals surface area (Å²) in [7, 11) is -3.51. The first kappa shape index (κ1) is 17.5. The van der Waals surface area contributed by atoms with Crippen LogP contribution in [-0.2, 0) is 16.6 Å². The first-order valence-electron chi connectivity index (χ1n) is 7.02. The highest BCUT2D eigenvalue weighted by molar-refractivity contribution is 7.89. The van der Waals surface area contributed by atoms with Gasteiger partial charge >= 0.3 is 0 Å². The summed E-state index contributed by atoms with van der Waals surface area (Å²) in [6.45, 7) is 2.55. The summed E-state index contributed by atoms with van der Waals surface area (Å²) in [5, 5.41) is 4.98. The lowest BCUT2D eigenvalue weighted by Crippen LogP contribution is -2.24. The molecule has 0 bridgehead atoms. The van der Waals surface area contributed by atoms with E-state index >= 15 is 0 Å². The van der Waals surface area contributed by atoms with Crippen LogP contribution in [0.5, 0.6) is 0 Å². The van der Waals surface area contributed by atoms with Gasteiger partial charge in [-0.25, -0.2) is 18.1 Å². The number of benzene rings is 1. The van der Waals surface area contributed by atoms with E-state index in [0.29, 0.717) is 23.7 Å². The van der Waals surface area contributed by atoms with Crippen LogP contribution in [0.3, 0.4) is 0 Å². The number of nitrogens with two attached hydrogens (primary N) is 1. The van der Waals surface area contributed by atoms with Gasteiger partial charge in [0.25, 0.3) is 5.91 Å². The molecule has 7 nitrogen and oxygen atoms in total. The van der Waals surface area contributed by atoms with E-state index in [4.69, 9.17) is 5.73 Å². The largest absolute Gasteiger partial charge is 0.325 e. The number of nitrogens with one attached hydrogen (secondary N) is 2. The van der Waals surface area contributed by atoms with Crippen LogP contribution in [0.4, 0.5) is 5.69 Å². The van der Waals surface area contributed by atoms with Crippen LogP contribution in [0.15, 0.2) is 34.5 Å². The van der Waals surface area contributed by atoms with Crippen LogP contribution in [0.25, 0.3) is 0 Å². The maximum absolute atomic E-state index is 12.0. The van der Waals surface area contributed by atoms with Crippen LogP contribution in [0, 0.1) is 0 Å². The third-order valence-corrected chi connectivity index (χ3v) is 5.27. The zero-order valence-electron chi connectivity index (χ0n) is 12.6. The van der Waals surface area contributed by atoms with Gasteiger partial charge in [0.2, 0.25) is 10.0 Å². The molecular formula is C14H18N4O3S2. The van der Waals surface area contributed by atoms with Crippen LogP contribution in [0.2, 0.25) is 0 Å². The maximum Gasteiger partial charge on any atom is 0.275 e. The Bertz CT molecular complexity index is 770. The van der Waals surface area contributed by atoms with Crippen molar-refractivity contribution >= 4 is 33.0 Å². The lowest BCUT2D eigenvalue weighted by Gasteiger charge is -2.07. The number of rotatable bonds is 7. The highest BCUT2D eigenvalue weighted by Crippen LogP contribution is 2.16. The van der Waals surface area contributed by atoms with E-state index in [1.165, 1.54) is 35.6 Å². The summed E-state index contributed by atoms with van der Waals surface area (Å²) in [5.41, 5.74) is 6.24. The van der Waals surface area contributed by atoms with Crippen LogP contribution in [0.1, 0.15) is 28.8 Å². The molecule has 0 aliphatic carbocycles. The molecule has 1 amide bonds. The first-order chi connectivity index (χ1) is 11.0. The molecule has 1 aromatic carbocycles. The van der Waals surface area contributed by atoms with E-state index < -0.39 is 10.0 Å². The summed E-state index contributed by atoms with van der Waals surface area (Å²) >= 11 is 1.32. The van der Waals surface area contributed by atoms with Gasteiger partial charge in [0, 0.05) is 24.2 Å². The Kier molecular flexibility index (Phi) is 5.83. The van der Waals surface area contributed by atoms with E-state index in [1.54, 1.807) is 5.38 Å². The molecule has 1 heterocycles. The van der Waals surface area contributed by atoms with Crippen molar-refractivity contribution in [2.75, 3.05) is 11.9 Å². The third-order valence-electron chi connectivity index (χ3n) is 2.92. The molecule has 0 aliphatic heterocycles. The predicted octanol–water partition coefficient (Wildman–Crippen LogP) is 1.54. The van der Waals surface area contributed by atoms with Crippen molar-refractivity contribution in [2.45, 2.75) is 24.8 Å². The third kappa shape index (κ3) is 4.58. The summed E-state index contributed by atoms with van der Waals surface area (Å²) in [6.07, 6.45) is 0.714. The molecule has 4 N–H and O–H groups in total. The monoisotopic (exact) mass is 354 g/mol. The number of amides is 1. The molecule has 0 unspecified atom stereocenters. The maximum atomic E-state index is 12.0. The van der Waals surface area contributed by atoms with Crippen molar-refractivity contribution in [1.82, 2.24) is 9.71 Å². The van der Waals surface area contributed by atoms with Crippen LogP contribution in [-0.4, -0.2) is 25.9 Å². The van der Waals surface area contributed by atoms with Gasteiger partial charge in [-0.05, 0) is 30.7 Å². The highest BCUT2D eigenvalue weighted by Gasteiger charge is 2.14. The normalized spacial score (nSPS) is 11.4. The molecule has 1 aromatic heterocycles. The van der Waals surface area contributed by atoms with E-state index in [2.05, 4.69) is 15.0 Å². The van der Waals surface area contributed by atoms with Gasteiger partial charge in [0.1, 0.15) is 10.7 Å². The smallest absolute Gasteiger partial charge is 0.275 e. The summed E-state index contributed by atoms with van der Waals surface area (Å²) in [4.78, 5) is 16.3. The molecule has 0 radical (unpaired) electrons. The Morgan fingerprint density at radius 3 is 2.57 bits per heavy atom. The Balaban J connectivity index is 2.06. The zero-order chi connectivity index (χ0) is 16.9. The van der Waals surface area contributed by atoms with Crippen molar-refractivity contribution < 1.29 is 13.2 Å². The molecule has 0 spiro atoms. The molecule has 0 atom stereocenters. The van der Waals surface area contributed by atoms with Crippen molar-refractivity contribution in [1.29, 1.82) is 0 Å². The van der Waals surface area contributed by atoms with Crippen molar-refractivity contribution in [3.63, 3.8) is 0 Å². The summed E-state index contributed by atoms with van der Waals surface area (Å²) in [5.74, 6) is -0.360. The number of sulfonamides is 1. The van der Waals surface area contributed by atoms with E-state index in [0.717, 1.165) is 0 Å². The molecule has 23 heavy (non-hydrogen) atoms. The first-order valence-corrected chi connectivity index (χ1v) is 9.38. The van der Waals surface area contributed by atoms with Gasteiger partial charge in [-0.3, -0.25) is 4.79 Å². The number of hydrogen-bond donors (Lipinski definition) is 3. The number of aromatic nitrogens is 1. The standard InChI is InChI=1S/C14H18N4O3S2/c1-2-7-16-23(20,21)11-5-3-10(4-6-11)17-14(19)12-9-22-13(8-15)18-12/h3-6,9,16H,2,7-8,15H2,1H3,(H,17,19). The quantitative estimate of drug-likeness (QED) is 0.698. The molecule has 124 valence electrons. The molecule has 0 fully saturated rings. The van der Waals surface area contributed by atoms with Gasteiger partial charge in [-0.1, -0.05) is 6.92 Å². The minimum absolute atomic E-state index is 0.156. The fourth-order valence-electron chi connectivity index (χ4n) is 1.74. The number of nitrogens with zero attached hydrogens (tertiary/aromatic N) is 1. The minimum Gasteiger partial charge on any atom is -0.325 e. The zero-order valence-corrected chi connectivity index (χ0v) is 14.2. The molecular weight excluding hydrogens is 336 g/mol. The molecule has 0 saturated heterocycles. The van der Waals surface area contributed by atoms with Gasteiger partial charge in [-0.15, -0.1) is 11.3 Å². The molecule has 2 rings (SSSR count). The predicted molar refractivity (Wildman–Crippen MR) is 89.9 cm³/mol. The lowest BCUT2D eigenvalue weighted by molar-refractivity contribution is 0.102. The SMILES string of the molecule is CCCNS(=O)(=O)c1ccc(NC(=O)c2csc(CN)n2)cc1. The number of carbonyl (C=O) groups is 1. The Hall–Kier alpha value is -1.81. The van der Waals surface area contributed by atoms with Crippen molar-refractivity contribution in [3.05, 3.63) is 40.3 Å². The Morgan fingerprint density at radius 2 is 2.00 bits per heavy atom. The average molecular weight is 354 g/mol.